The van der Waals surface area contributed by atoms with E-state index < -0.39 is 0 Å². The summed E-state index contributed by atoms with van der Waals surface area (Å²) in [5.74, 6) is 0.493. The van der Waals surface area contributed by atoms with Crippen LogP contribution in [0.3, 0.4) is 0 Å². The molecule has 3 aromatic rings. The Hall–Kier alpha value is -2.14. The molecule has 0 aliphatic heterocycles. The van der Waals surface area contributed by atoms with Gasteiger partial charge in [0.2, 0.25) is 0 Å². The van der Waals surface area contributed by atoms with Crippen molar-refractivity contribution in [1.82, 2.24) is 15.2 Å². The number of halogens is 1. The Labute approximate surface area is 125 Å². The highest BCUT2D eigenvalue weighted by Crippen LogP contribution is 2.35. The van der Waals surface area contributed by atoms with Gasteiger partial charge in [0.1, 0.15) is 0 Å². The molecule has 0 saturated carbocycles. The zero-order chi connectivity index (χ0) is 14.1. The second kappa shape index (κ2) is 5.09. The molecule has 4 nitrogen and oxygen atoms in total. The van der Waals surface area contributed by atoms with Crippen LogP contribution in [0.5, 0.6) is 0 Å². The van der Waals surface area contributed by atoms with E-state index in [1.165, 1.54) is 0 Å². The van der Waals surface area contributed by atoms with Crippen molar-refractivity contribution in [2.24, 2.45) is 0 Å². The number of benzene rings is 1. The summed E-state index contributed by atoms with van der Waals surface area (Å²) in [6.45, 7) is 1.96. The number of anilines is 1. The molecule has 0 amide bonds. The smallest absolute Gasteiger partial charge is 0.153 e. The Balaban J connectivity index is 2.20. The van der Waals surface area contributed by atoms with Crippen molar-refractivity contribution in [1.29, 1.82) is 0 Å². The van der Waals surface area contributed by atoms with E-state index in [0.29, 0.717) is 5.82 Å². The number of hydrogen-bond donors (Lipinski definition) is 2. The zero-order valence-electron chi connectivity index (χ0n) is 10.9. The van der Waals surface area contributed by atoms with Crippen molar-refractivity contribution < 1.29 is 0 Å². The number of nitrogens with zero attached hydrogens (tertiary/aromatic N) is 2. The van der Waals surface area contributed by atoms with Crippen LogP contribution in [0.2, 0.25) is 0 Å². The van der Waals surface area contributed by atoms with Gasteiger partial charge in [0.25, 0.3) is 0 Å². The lowest BCUT2D eigenvalue weighted by atomic mass is 10.0. The highest BCUT2D eigenvalue weighted by molar-refractivity contribution is 9.10. The molecular formula is C15H13BrN4. The van der Waals surface area contributed by atoms with Gasteiger partial charge in [-0.3, -0.25) is 10.1 Å². The van der Waals surface area contributed by atoms with E-state index in [9.17, 15) is 0 Å². The maximum absolute atomic E-state index is 6.03. The molecule has 2 heterocycles. The Morgan fingerprint density at radius 3 is 2.75 bits per heavy atom. The molecule has 3 rings (SSSR count). The molecule has 1 aromatic carbocycles. The predicted octanol–water partition coefficient (Wildman–Crippen LogP) is 3.79. The van der Waals surface area contributed by atoms with E-state index in [4.69, 9.17) is 5.73 Å². The van der Waals surface area contributed by atoms with Crippen molar-refractivity contribution in [3.8, 4) is 22.4 Å². The molecule has 2 aromatic heterocycles. The number of aromatic amines is 1. The standard InChI is InChI=1S/C15H13BrN4/c1-9-7-11(5-6-18-9)14-13(15(17)20-19-14)10-3-2-4-12(16)8-10/h2-8H,1H3,(H3,17,19,20). The molecule has 0 bridgehead atoms. The summed E-state index contributed by atoms with van der Waals surface area (Å²) in [5, 5.41) is 7.16. The van der Waals surface area contributed by atoms with E-state index >= 15 is 0 Å². The zero-order valence-corrected chi connectivity index (χ0v) is 12.5. The number of H-pyrrole nitrogens is 1. The van der Waals surface area contributed by atoms with Crippen molar-refractivity contribution in [3.63, 3.8) is 0 Å². The quantitative estimate of drug-likeness (QED) is 0.752. The minimum Gasteiger partial charge on any atom is -0.382 e. The SMILES string of the molecule is Cc1cc(-c2[nH]nc(N)c2-c2cccc(Br)c2)ccn1. The molecule has 0 atom stereocenters. The molecule has 0 aliphatic rings. The maximum atomic E-state index is 6.03. The fraction of sp³-hybridized carbons (Fsp3) is 0.0667. The van der Waals surface area contributed by atoms with Crippen LogP contribution < -0.4 is 5.73 Å². The Kier molecular flexibility index (Phi) is 3.28. The Morgan fingerprint density at radius 1 is 1.15 bits per heavy atom. The van der Waals surface area contributed by atoms with E-state index in [-0.39, 0.29) is 0 Å². The van der Waals surface area contributed by atoms with Gasteiger partial charge in [-0.25, -0.2) is 0 Å². The summed E-state index contributed by atoms with van der Waals surface area (Å²) >= 11 is 3.48. The fourth-order valence-corrected chi connectivity index (χ4v) is 2.60. The molecule has 100 valence electrons. The third-order valence-electron chi connectivity index (χ3n) is 3.09. The average molecular weight is 329 g/mol. The van der Waals surface area contributed by atoms with Crippen molar-refractivity contribution >= 4 is 21.7 Å². The molecule has 20 heavy (non-hydrogen) atoms. The highest BCUT2D eigenvalue weighted by atomic mass is 79.9. The molecule has 5 heteroatoms. The van der Waals surface area contributed by atoms with Gasteiger partial charge in [-0.2, -0.15) is 5.10 Å². The topological polar surface area (TPSA) is 67.6 Å². The number of nitrogens with two attached hydrogens (primary N) is 1. The first-order valence-electron chi connectivity index (χ1n) is 6.18. The number of hydrogen-bond acceptors (Lipinski definition) is 3. The van der Waals surface area contributed by atoms with Crippen LogP contribution in [0.15, 0.2) is 47.1 Å². The molecular weight excluding hydrogens is 316 g/mol. The third kappa shape index (κ3) is 2.32. The first kappa shape index (κ1) is 12.9. The van der Waals surface area contributed by atoms with E-state index in [2.05, 4.69) is 31.1 Å². The molecule has 0 unspecified atom stereocenters. The minimum atomic E-state index is 0.493. The van der Waals surface area contributed by atoms with Crippen LogP contribution in [0, 0.1) is 6.92 Å². The minimum absolute atomic E-state index is 0.493. The van der Waals surface area contributed by atoms with Gasteiger partial charge in [0, 0.05) is 21.9 Å². The predicted molar refractivity (Wildman–Crippen MR) is 84.1 cm³/mol. The van der Waals surface area contributed by atoms with Crippen molar-refractivity contribution in [2.75, 3.05) is 5.73 Å². The number of pyridine rings is 1. The lowest BCUT2D eigenvalue weighted by Gasteiger charge is -2.06. The van der Waals surface area contributed by atoms with Gasteiger partial charge in [-0.05, 0) is 36.8 Å². The van der Waals surface area contributed by atoms with Gasteiger partial charge in [-0.1, -0.05) is 28.1 Å². The normalized spacial score (nSPS) is 10.7. The van der Waals surface area contributed by atoms with Crippen molar-refractivity contribution in [3.05, 3.63) is 52.8 Å². The number of nitrogen functional groups attached to an aromatic ring is 1. The first-order valence-corrected chi connectivity index (χ1v) is 6.97. The van der Waals surface area contributed by atoms with E-state index in [1.807, 2.05) is 43.3 Å². The van der Waals surface area contributed by atoms with Gasteiger partial charge in [-0.15, -0.1) is 0 Å². The van der Waals surface area contributed by atoms with E-state index in [0.717, 1.165) is 32.6 Å². The molecule has 3 N–H and O–H groups in total. The Morgan fingerprint density at radius 2 is 2.00 bits per heavy atom. The monoisotopic (exact) mass is 328 g/mol. The molecule has 0 spiro atoms. The van der Waals surface area contributed by atoms with Gasteiger partial charge in [0.05, 0.1) is 11.3 Å². The second-order valence-corrected chi connectivity index (χ2v) is 5.47. The number of rotatable bonds is 2. The molecule has 0 radical (unpaired) electrons. The lowest BCUT2D eigenvalue weighted by molar-refractivity contribution is 1.10. The summed E-state index contributed by atoms with van der Waals surface area (Å²) < 4.78 is 1.01. The Bertz CT molecular complexity index is 764. The second-order valence-electron chi connectivity index (χ2n) is 4.56. The molecule has 0 aliphatic carbocycles. The number of aromatic nitrogens is 3. The summed E-state index contributed by atoms with van der Waals surface area (Å²) in [5.41, 5.74) is 10.9. The van der Waals surface area contributed by atoms with Crippen LogP contribution >= 0.6 is 15.9 Å². The van der Waals surface area contributed by atoms with Gasteiger partial charge < -0.3 is 5.73 Å². The maximum Gasteiger partial charge on any atom is 0.153 e. The van der Waals surface area contributed by atoms with Crippen LogP contribution in [0.4, 0.5) is 5.82 Å². The van der Waals surface area contributed by atoms with Crippen molar-refractivity contribution in [2.45, 2.75) is 6.92 Å². The number of aryl methyl sites for hydroxylation is 1. The summed E-state index contributed by atoms with van der Waals surface area (Å²) in [6.07, 6.45) is 1.78. The van der Waals surface area contributed by atoms with E-state index in [1.54, 1.807) is 6.20 Å². The first-order chi connectivity index (χ1) is 9.65. The summed E-state index contributed by atoms with van der Waals surface area (Å²) in [7, 11) is 0. The lowest BCUT2D eigenvalue weighted by Crippen LogP contribution is -1.89. The average Bonchev–Trinajstić information content (AvgIpc) is 2.80. The largest absolute Gasteiger partial charge is 0.382 e. The molecule has 0 fully saturated rings. The third-order valence-corrected chi connectivity index (χ3v) is 3.59. The fourth-order valence-electron chi connectivity index (χ4n) is 2.20. The van der Waals surface area contributed by atoms with Gasteiger partial charge in [0.15, 0.2) is 5.82 Å². The van der Waals surface area contributed by atoms with Gasteiger partial charge >= 0.3 is 0 Å². The number of nitrogens with one attached hydrogen (secondary N) is 1. The van der Waals surface area contributed by atoms with Crippen LogP contribution in [-0.4, -0.2) is 15.2 Å². The van der Waals surface area contributed by atoms with Crippen LogP contribution in [0.1, 0.15) is 5.69 Å². The molecule has 0 saturated heterocycles. The highest BCUT2D eigenvalue weighted by Gasteiger charge is 2.15. The van der Waals surface area contributed by atoms with Crippen LogP contribution in [-0.2, 0) is 0 Å². The summed E-state index contributed by atoms with van der Waals surface area (Å²) in [4.78, 5) is 4.22. The van der Waals surface area contributed by atoms with Crippen LogP contribution in [0.25, 0.3) is 22.4 Å². The summed E-state index contributed by atoms with van der Waals surface area (Å²) in [6, 6.07) is 12.0.